The third-order valence-electron chi connectivity index (χ3n) is 6.56. The van der Waals surface area contributed by atoms with Crippen molar-refractivity contribution in [2.75, 3.05) is 6.61 Å². The highest BCUT2D eigenvalue weighted by molar-refractivity contribution is 5.69. The Labute approximate surface area is 236 Å². The lowest BCUT2D eigenvalue weighted by molar-refractivity contribution is -0.245. The molecule has 40 heavy (non-hydrogen) atoms. The molecule has 3 aromatic carbocycles. The average Bonchev–Trinajstić information content (AvgIpc) is 2.94. The van der Waals surface area contributed by atoms with Crippen molar-refractivity contribution in [1.29, 1.82) is 0 Å². The van der Waals surface area contributed by atoms with Gasteiger partial charge >= 0.3 is 6.09 Å². The molecule has 1 aliphatic heterocycles. The van der Waals surface area contributed by atoms with Crippen molar-refractivity contribution in [3.05, 3.63) is 108 Å². The number of hydrogen-bond donors (Lipinski definition) is 2. The third kappa shape index (κ3) is 8.13. The topological polar surface area (TPSA) is 97.7 Å². The summed E-state index contributed by atoms with van der Waals surface area (Å²) < 4.78 is 24.3. The maximum atomic E-state index is 13.4. The van der Waals surface area contributed by atoms with Crippen molar-refractivity contribution in [2.24, 2.45) is 0 Å². The van der Waals surface area contributed by atoms with Crippen LogP contribution in [-0.4, -0.2) is 64.0 Å². The molecule has 5 atom stereocenters. The van der Waals surface area contributed by atoms with E-state index in [4.69, 9.17) is 18.9 Å². The Bertz CT molecular complexity index is 1170. The van der Waals surface area contributed by atoms with Gasteiger partial charge in [0.05, 0.1) is 32.5 Å². The van der Waals surface area contributed by atoms with E-state index >= 15 is 0 Å². The highest BCUT2D eigenvalue weighted by Gasteiger charge is 2.52. The van der Waals surface area contributed by atoms with Crippen LogP contribution < -0.4 is 0 Å². The van der Waals surface area contributed by atoms with Crippen LogP contribution in [-0.2, 0) is 38.8 Å². The van der Waals surface area contributed by atoms with Crippen LogP contribution in [0.3, 0.4) is 0 Å². The second-order valence-electron chi connectivity index (χ2n) is 10.9. The van der Waals surface area contributed by atoms with Gasteiger partial charge in [0.25, 0.3) is 0 Å². The van der Waals surface area contributed by atoms with E-state index in [1.54, 1.807) is 20.8 Å². The van der Waals surface area contributed by atoms with Gasteiger partial charge in [0.1, 0.15) is 23.9 Å². The molecule has 1 aliphatic rings. The van der Waals surface area contributed by atoms with Crippen LogP contribution in [0.1, 0.15) is 37.5 Å². The van der Waals surface area contributed by atoms with Gasteiger partial charge in [-0.05, 0) is 37.5 Å². The Kier molecular flexibility index (Phi) is 10.3. The van der Waals surface area contributed by atoms with Gasteiger partial charge in [-0.2, -0.15) is 0 Å². The number of nitrogens with zero attached hydrogens (tertiary/aromatic N) is 1. The second-order valence-corrected chi connectivity index (χ2v) is 10.9. The fourth-order valence-electron chi connectivity index (χ4n) is 4.64. The predicted octanol–water partition coefficient (Wildman–Crippen LogP) is 4.67. The molecular formula is C32H39NO7. The maximum absolute atomic E-state index is 13.4. The summed E-state index contributed by atoms with van der Waals surface area (Å²) in [5.41, 5.74) is 1.95. The highest BCUT2D eigenvalue weighted by Crippen LogP contribution is 2.31. The molecule has 3 aromatic rings. The molecule has 214 valence electrons. The van der Waals surface area contributed by atoms with Crippen LogP contribution in [0.4, 0.5) is 4.79 Å². The van der Waals surface area contributed by atoms with E-state index in [1.165, 1.54) is 0 Å². The van der Waals surface area contributed by atoms with Crippen LogP contribution in [0.5, 0.6) is 0 Å². The monoisotopic (exact) mass is 549 g/mol. The largest absolute Gasteiger partial charge is 0.444 e. The van der Waals surface area contributed by atoms with E-state index in [0.717, 1.165) is 21.6 Å². The summed E-state index contributed by atoms with van der Waals surface area (Å²) in [7, 11) is 0. The number of rotatable bonds is 10. The second kappa shape index (κ2) is 13.9. The fourth-order valence-corrected chi connectivity index (χ4v) is 4.64. The summed E-state index contributed by atoms with van der Waals surface area (Å²) in [4.78, 5) is 14.5. The maximum Gasteiger partial charge on any atom is 0.412 e. The molecule has 0 radical (unpaired) electrons. The zero-order valence-electron chi connectivity index (χ0n) is 23.3. The molecule has 0 bridgehead atoms. The van der Waals surface area contributed by atoms with Gasteiger partial charge in [-0.25, -0.2) is 4.79 Å². The number of aliphatic hydroxyl groups excluding tert-OH is 2. The number of piperidine rings is 1. The molecule has 1 amide bonds. The van der Waals surface area contributed by atoms with Crippen molar-refractivity contribution in [1.82, 2.24) is 4.90 Å². The molecule has 0 aromatic heterocycles. The van der Waals surface area contributed by atoms with E-state index in [0.29, 0.717) is 6.61 Å². The molecule has 8 heteroatoms. The molecule has 1 fully saturated rings. The summed E-state index contributed by atoms with van der Waals surface area (Å²) in [5, 5.41) is 22.5. The van der Waals surface area contributed by atoms with Crippen LogP contribution in [0.25, 0.3) is 0 Å². The molecular weight excluding hydrogens is 510 g/mol. The normalized spacial score (nSPS) is 23.1. The quantitative estimate of drug-likeness (QED) is 0.379. The molecule has 1 heterocycles. The van der Waals surface area contributed by atoms with Crippen LogP contribution in [0.15, 0.2) is 91.0 Å². The summed E-state index contributed by atoms with van der Waals surface area (Å²) >= 11 is 0. The van der Waals surface area contributed by atoms with Crippen molar-refractivity contribution in [2.45, 2.75) is 76.8 Å². The number of ether oxygens (including phenoxy) is 4. The number of carbonyl (C=O) groups excluding carboxylic acids is 1. The molecule has 2 N–H and O–H groups in total. The first-order chi connectivity index (χ1) is 19.2. The first-order valence-corrected chi connectivity index (χ1v) is 13.5. The minimum atomic E-state index is -1.60. The summed E-state index contributed by atoms with van der Waals surface area (Å²) in [5.74, 6) is 0. The average molecular weight is 550 g/mol. The van der Waals surface area contributed by atoms with Gasteiger partial charge < -0.3 is 29.2 Å². The Balaban J connectivity index is 1.63. The Morgan fingerprint density at radius 2 is 1.18 bits per heavy atom. The number of hydrogen-bond acceptors (Lipinski definition) is 7. The van der Waals surface area contributed by atoms with E-state index < -0.39 is 42.3 Å². The van der Waals surface area contributed by atoms with Crippen molar-refractivity contribution in [3.8, 4) is 0 Å². The minimum absolute atomic E-state index is 0.0164. The molecule has 0 saturated carbocycles. The third-order valence-corrected chi connectivity index (χ3v) is 6.56. The number of likely N-dealkylation sites (tertiary alicyclic amines) is 1. The van der Waals surface area contributed by atoms with Crippen molar-refractivity contribution in [3.63, 3.8) is 0 Å². The summed E-state index contributed by atoms with van der Waals surface area (Å²) in [6.45, 7) is 5.93. The van der Waals surface area contributed by atoms with Gasteiger partial charge in [0.15, 0.2) is 6.23 Å². The fraction of sp³-hybridized carbons (Fsp3) is 0.406. The number of amides is 1. The Hall–Kier alpha value is -3.27. The molecule has 0 aliphatic carbocycles. The Morgan fingerprint density at radius 3 is 1.65 bits per heavy atom. The van der Waals surface area contributed by atoms with Gasteiger partial charge in [-0.3, -0.25) is 4.90 Å². The van der Waals surface area contributed by atoms with Crippen molar-refractivity contribution >= 4 is 6.09 Å². The van der Waals surface area contributed by atoms with Gasteiger partial charge in [-0.15, -0.1) is 0 Å². The van der Waals surface area contributed by atoms with E-state index in [1.807, 2.05) is 91.0 Å². The van der Waals surface area contributed by atoms with Gasteiger partial charge in [0, 0.05) is 0 Å². The highest BCUT2D eigenvalue weighted by atomic mass is 16.6. The molecule has 1 unspecified atom stereocenters. The zero-order valence-corrected chi connectivity index (χ0v) is 23.3. The lowest BCUT2D eigenvalue weighted by Crippen LogP contribution is -2.70. The molecule has 4 rings (SSSR count). The molecule has 0 spiro atoms. The summed E-state index contributed by atoms with van der Waals surface area (Å²) in [6.07, 6.45) is -5.63. The first-order valence-electron chi connectivity index (χ1n) is 13.5. The van der Waals surface area contributed by atoms with Gasteiger partial charge in [-0.1, -0.05) is 91.0 Å². The smallest absolute Gasteiger partial charge is 0.412 e. The SMILES string of the molecule is CC(C)(C)OC(=O)N1[C@H](O)[C@H](O)C(OCc2ccccc2)[C@H](OCc2ccccc2)[C@H]1COCc1ccccc1. The molecule has 8 nitrogen and oxygen atoms in total. The first kappa shape index (κ1) is 29.7. The number of aliphatic hydroxyl groups is 2. The predicted molar refractivity (Wildman–Crippen MR) is 150 cm³/mol. The lowest BCUT2D eigenvalue weighted by atomic mass is 9.92. The van der Waals surface area contributed by atoms with E-state index in [2.05, 4.69) is 0 Å². The Morgan fingerprint density at radius 1 is 0.725 bits per heavy atom. The standard InChI is InChI=1S/C32H39NO7/c1-32(2,3)40-31(36)33-26(22-37-19-23-13-7-4-8-14-23)28(38-20-24-15-9-5-10-16-24)29(27(34)30(33)35)39-21-25-17-11-6-12-18-25/h4-18,26-30,34-35H,19-22H2,1-3H3/t26-,27-,28-,29?,30-/m1/s1. The minimum Gasteiger partial charge on any atom is -0.444 e. The summed E-state index contributed by atoms with van der Waals surface area (Å²) in [6, 6.07) is 28.0. The van der Waals surface area contributed by atoms with E-state index in [9.17, 15) is 15.0 Å². The van der Waals surface area contributed by atoms with Crippen LogP contribution in [0, 0.1) is 0 Å². The number of benzene rings is 3. The van der Waals surface area contributed by atoms with Crippen molar-refractivity contribution < 1.29 is 34.0 Å². The molecule has 1 saturated heterocycles. The number of carbonyl (C=O) groups is 1. The van der Waals surface area contributed by atoms with Crippen LogP contribution >= 0.6 is 0 Å². The van der Waals surface area contributed by atoms with Gasteiger partial charge in [0.2, 0.25) is 0 Å². The van der Waals surface area contributed by atoms with E-state index in [-0.39, 0.29) is 19.8 Å². The van der Waals surface area contributed by atoms with Crippen LogP contribution in [0.2, 0.25) is 0 Å². The lowest BCUT2D eigenvalue weighted by Gasteiger charge is -2.49. The zero-order chi connectivity index (χ0) is 28.5.